The fraction of sp³-hybridized carbons (Fsp3) is 0.316. The lowest BCUT2D eigenvalue weighted by Crippen LogP contribution is -2.24. The van der Waals surface area contributed by atoms with E-state index in [1.165, 1.54) is 12.1 Å². The minimum atomic E-state index is -1.07. The van der Waals surface area contributed by atoms with E-state index in [-0.39, 0.29) is 29.8 Å². The van der Waals surface area contributed by atoms with Crippen LogP contribution in [0, 0.1) is 6.92 Å². The predicted octanol–water partition coefficient (Wildman–Crippen LogP) is 2.35. The number of aromatic carboxylic acids is 1. The number of aryl methyl sites for hydroxylation is 1. The highest BCUT2D eigenvalue weighted by Gasteiger charge is 2.22. The second-order valence-corrected chi connectivity index (χ2v) is 6.22. The molecular weight excluding hydrogens is 336 g/mol. The molecule has 0 aliphatic carbocycles. The SMILES string of the molecule is COc1cc2c(cc1CNC(=O)c1ccc(C(=O)O)c(C)n1)OC(C)C2. The molecule has 1 aromatic carbocycles. The summed E-state index contributed by atoms with van der Waals surface area (Å²) in [4.78, 5) is 27.4. The van der Waals surface area contributed by atoms with Crippen molar-refractivity contribution in [3.8, 4) is 11.5 Å². The van der Waals surface area contributed by atoms with Crippen LogP contribution in [0.5, 0.6) is 11.5 Å². The highest BCUT2D eigenvalue weighted by atomic mass is 16.5. The molecular formula is C19H20N2O5. The van der Waals surface area contributed by atoms with Crippen LogP contribution in [0.2, 0.25) is 0 Å². The summed E-state index contributed by atoms with van der Waals surface area (Å²) in [5.41, 5.74) is 2.42. The van der Waals surface area contributed by atoms with E-state index in [1.54, 1.807) is 14.0 Å². The summed E-state index contributed by atoms with van der Waals surface area (Å²) in [6.45, 7) is 3.80. The first-order valence-electron chi connectivity index (χ1n) is 8.24. The molecule has 1 aliphatic rings. The highest BCUT2D eigenvalue weighted by molar-refractivity contribution is 5.94. The van der Waals surface area contributed by atoms with Gasteiger partial charge in [0.05, 0.1) is 18.4 Å². The second-order valence-electron chi connectivity index (χ2n) is 6.22. The van der Waals surface area contributed by atoms with Crippen LogP contribution < -0.4 is 14.8 Å². The minimum absolute atomic E-state index is 0.0770. The quantitative estimate of drug-likeness (QED) is 0.853. The Morgan fingerprint density at radius 2 is 2.15 bits per heavy atom. The number of carbonyl (C=O) groups excluding carboxylic acids is 1. The minimum Gasteiger partial charge on any atom is -0.496 e. The van der Waals surface area contributed by atoms with E-state index >= 15 is 0 Å². The monoisotopic (exact) mass is 356 g/mol. The number of benzene rings is 1. The van der Waals surface area contributed by atoms with Crippen molar-refractivity contribution in [2.24, 2.45) is 0 Å². The van der Waals surface area contributed by atoms with Gasteiger partial charge in [-0.25, -0.2) is 9.78 Å². The summed E-state index contributed by atoms with van der Waals surface area (Å²) in [5, 5.41) is 11.8. The lowest BCUT2D eigenvalue weighted by Gasteiger charge is -2.12. The van der Waals surface area contributed by atoms with E-state index in [4.69, 9.17) is 14.6 Å². The normalized spacial score (nSPS) is 15.1. The summed E-state index contributed by atoms with van der Waals surface area (Å²) in [6.07, 6.45) is 0.955. The lowest BCUT2D eigenvalue weighted by molar-refractivity contribution is 0.0694. The largest absolute Gasteiger partial charge is 0.496 e. The van der Waals surface area contributed by atoms with Crippen molar-refractivity contribution in [1.29, 1.82) is 0 Å². The molecule has 7 heteroatoms. The zero-order valence-electron chi connectivity index (χ0n) is 14.8. The molecule has 26 heavy (non-hydrogen) atoms. The van der Waals surface area contributed by atoms with Gasteiger partial charge in [0.25, 0.3) is 5.91 Å². The zero-order valence-corrected chi connectivity index (χ0v) is 14.8. The Bertz CT molecular complexity index is 878. The number of carboxylic acid groups (broad SMARTS) is 1. The number of nitrogens with zero attached hydrogens (tertiary/aromatic N) is 1. The van der Waals surface area contributed by atoms with Gasteiger partial charge in [-0.2, -0.15) is 0 Å². The number of carbonyl (C=O) groups is 2. The molecule has 2 N–H and O–H groups in total. The van der Waals surface area contributed by atoms with Crippen LogP contribution in [0.1, 0.15) is 44.6 Å². The summed E-state index contributed by atoms with van der Waals surface area (Å²) >= 11 is 0. The Balaban J connectivity index is 1.75. The first-order valence-corrected chi connectivity index (χ1v) is 8.24. The summed E-state index contributed by atoms with van der Waals surface area (Å²) < 4.78 is 11.2. The van der Waals surface area contributed by atoms with E-state index in [0.29, 0.717) is 11.4 Å². The molecule has 2 aromatic rings. The summed E-state index contributed by atoms with van der Waals surface area (Å²) in [5.74, 6) is 0.0374. The van der Waals surface area contributed by atoms with Crippen molar-refractivity contribution in [3.05, 3.63) is 52.3 Å². The fourth-order valence-corrected chi connectivity index (χ4v) is 2.99. The molecule has 1 aliphatic heterocycles. The van der Waals surface area contributed by atoms with Crippen LogP contribution in [0.3, 0.4) is 0 Å². The number of fused-ring (bicyclic) bond motifs is 1. The van der Waals surface area contributed by atoms with Gasteiger partial charge in [-0.3, -0.25) is 4.79 Å². The molecule has 7 nitrogen and oxygen atoms in total. The van der Waals surface area contributed by atoms with Crippen LogP contribution in [0.15, 0.2) is 24.3 Å². The van der Waals surface area contributed by atoms with Gasteiger partial charge in [0.2, 0.25) is 0 Å². The van der Waals surface area contributed by atoms with E-state index < -0.39 is 5.97 Å². The first kappa shape index (κ1) is 17.7. The maximum Gasteiger partial charge on any atom is 0.337 e. The maximum atomic E-state index is 12.3. The molecule has 3 rings (SSSR count). The molecule has 1 unspecified atom stereocenters. The predicted molar refractivity (Wildman–Crippen MR) is 93.9 cm³/mol. The van der Waals surface area contributed by atoms with Crippen LogP contribution in [-0.4, -0.2) is 35.2 Å². The van der Waals surface area contributed by atoms with Gasteiger partial charge in [-0.05, 0) is 38.1 Å². The van der Waals surface area contributed by atoms with Gasteiger partial charge >= 0.3 is 5.97 Å². The number of nitrogens with one attached hydrogen (secondary N) is 1. The lowest BCUT2D eigenvalue weighted by atomic mass is 10.1. The van der Waals surface area contributed by atoms with Crippen molar-refractivity contribution in [1.82, 2.24) is 10.3 Å². The topological polar surface area (TPSA) is 97.8 Å². The number of methoxy groups -OCH3 is 1. The third kappa shape index (κ3) is 3.46. The van der Waals surface area contributed by atoms with Crippen molar-refractivity contribution in [2.45, 2.75) is 32.9 Å². The molecule has 1 aromatic heterocycles. The van der Waals surface area contributed by atoms with Gasteiger partial charge in [0.15, 0.2) is 0 Å². The van der Waals surface area contributed by atoms with E-state index in [0.717, 1.165) is 23.3 Å². The van der Waals surface area contributed by atoms with Crippen molar-refractivity contribution in [3.63, 3.8) is 0 Å². The zero-order chi connectivity index (χ0) is 18.8. The first-order chi connectivity index (χ1) is 12.4. The Labute approximate surface area is 151 Å². The van der Waals surface area contributed by atoms with Crippen molar-refractivity contribution >= 4 is 11.9 Å². The van der Waals surface area contributed by atoms with Gasteiger partial charge in [0.1, 0.15) is 23.3 Å². The molecule has 0 spiro atoms. The van der Waals surface area contributed by atoms with Gasteiger partial charge in [-0.15, -0.1) is 0 Å². The van der Waals surface area contributed by atoms with Gasteiger partial charge in [0, 0.05) is 24.1 Å². The molecule has 0 bridgehead atoms. The molecule has 1 amide bonds. The smallest absolute Gasteiger partial charge is 0.337 e. The standard InChI is InChI=1S/C19H20N2O5/c1-10-6-12-7-16(25-3)13(8-17(12)26-10)9-20-18(22)15-5-4-14(19(23)24)11(2)21-15/h4-5,7-8,10H,6,9H2,1-3H3,(H,20,22)(H,23,24). The average molecular weight is 356 g/mol. The number of ether oxygens (including phenoxy) is 2. The molecule has 0 radical (unpaired) electrons. The van der Waals surface area contributed by atoms with Gasteiger partial charge < -0.3 is 19.9 Å². The van der Waals surface area contributed by atoms with Crippen LogP contribution in [0.4, 0.5) is 0 Å². The average Bonchev–Trinajstić information content (AvgIpc) is 2.97. The Morgan fingerprint density at radius 3 is 2.81 bits per heavy atom. The third-order valence-corrected chi connectivity index (χ3v) is 4.29. The maximum absolute atomic E-state index is 12.3. The number of hydrogen-bond donors (Lipinski definition) is 2. The Kier molecular flexibility index (Phi) is 4.79. The Morgan fingerprint density at radius 1 is 1.38 bits per heavy atom. The summed E-state index contributed by atoms with van der Waals surface area (Å²) in [7, 11) is 1.59. The molecule has 0 fully saturated rings. The number of amides is 1. The van der Waals surface area contributed by atoms with Crippen molar-refractivity contribution in [2.75, 3.05) is 7.11 Å². The molecule has 1 atom stereocenters. The highest BCUT2D eigenvalue weighted by Crippen LogP contribution is 2.34. The molecule has 0 saturated carbocycles. The van der Waals surface area contributed by atoms with Crippen molar-refractivity contribution < 1.29 is 24.2 Å². The molecule has 2 heterocycles. The second kappa shape index (κ2) is 7.03. The van der Waals surface area contributed by atoms with Gasteiger partial charge in [-0.1, -0.05) is 0 Å². The Hall–Kier alpha value is -3.09. The number of aromatic nitrogens is 1. The number of carboxylic acids is 1. The van der Waals surface area contributed by atoms with E-state index in [2.05, 4.69) is 10.3 Å². The van der Waals surface area contributed by atoms with E-state index in [9.17, 15) is 9.59 Å². The van der Waals surface area contributed by atoms with Crippen LogP contribution >= 0.6 is 0 Å². The number of pyridine rings is 1. The van der Waals surface area contributed by atoms with Crippen LogP contribution in [0.25, 0.3) is 0 Å². The summed E-state index contributed by atoms with van der Waals surface area (Å²) in [6, 6.07) is 6.59. The molecule has 136 valence electrons. The molecule has 0 saturated heterocycles. The third-order valence-electron chi connectivity index (χ3n) is 4.29. The number of hydrogen-bond acceptors (Lipinski definition) is 5. The van der Waals surface area contributed by atoms with E-state index in [1.807, 2.05) is 19.1 Å². The van der Waals surface area contributed by atoms with Crippen LogP contribution in [-0.2, 0) is 13.0 Å². The fourth-order valence-electron chi connectivity index (χ4n) is 2.99. The number of rotatable bonds is 5.